The van der Waals surface area contributed by atoms with Crippen molar-refractivity contribution < 1.29 is 5.11 Å². The van der Waals surface area contributed by atoms with Gasteiger partial charge in [0.05, 0.1) is 0 Å². The van der Waals surface area contributed by atoms with Crippen LogP contribution in [0.2, 0.25) is 0 Å². The lowest BCUT2D eigenvalue weighted by Gasteiger charge is -2.20. The van der Waals surface area contributed by atoms with Crippen LogP contribution in [-0.4, -0.2) is 25.3 Å². The Balaban J connectivity index is 2.46. The Morgan fingerprint density at radius 3 is 2.62 bits per heavy atom. The lowest BCUT2D eigenvalue weighted by molar-refractivity contribution is 0.283. The third-order valence-electron chi connectivity index (χ3n) is 2.85. The summed E-state index contributed by atoms with van der Waals surface area (Å²) < 4.78 is 0. The van der Waals surface area contributed by atoms with Crippen LogP contribution in [0, 0.1) is 6.92 Å². The molecule has 0 radical (unpaired) electrons. The van der Waals surface area contributed by atoms with Crippen LogP contribution in [0.1, 0.15) is 24.8 Å². The highest BCUT2D eigenvalue weighted by molar-refractivity contribution is 5.57. The van der Waals surface area contributed by atoms with Crippen molar-refractivity contribution in [3.63, 3.8) is 0 Å². The Bertz CT molecular complexity index is 326. The number of aliphatic hydroxyl groups excluding tert-OH is 1. The molecule has 0 aliphatic heterocycles. The molecule has 1 aromatic rings. The highest BCUT2D eigenvalue weighted by Gasteiger charge is 2.02. The molecule has 0 fully saturated rings. The standard InChI is InChI=1S/C13H22N2O/c1-11-10-12(6-7-13(11)14)15(2)8-4-3-5-9-16/h6-7,10,16H,3-5,8-9,14H2,1-2H3. The van der Waals surface area contributed by atoms with Gasteiger partial charge in [-0.05, 0) is 49.9 Å². The van der Waals surface area contributed by atoms with E-state index in [4.69, 9.17) is 10.8 Å². The van der Waals surface area contributed by atoms with Crippen LogP contribution in [0.4, 0.5) is 11.4 Å². The van der Waals surface area contributed by atoms with Crippen LogP contribution in [0.5, 0.6) is 0 Å². The first kappa shape index (κ1) is 12.8. The number of aryl methyl sites for hydroxylation is 1. The van der Waals surface area contributed by atoms with Crippen LogP contribution in [0.3, 0.4) is 0 Å². The summed E-state index contributed by atoms with van der Waals surface area (Å²) in [5.41, 5.74) is 8.96. The Kier molecular flexibility index (Phi) is 5.12. The van der Waals surface area contributed by atoms with Gasteiger partial charge in [0.2, 0.25) is 0 Å². The third-order valence-corrected chi connectivity index (χ3v) is 2.85. The molecular weight excluding hydrogens is 200 g/mol. The number of nitrogens with two attached hydrogens (primary N) is 1. The van der Waals surface area contributed by atoms with Gasteiger partial charge >= 0.3 is 0 Å². The molecule has 0 unspecified atom stereocenters. The Labute approximate surface area is 97.9 Å². The molecule has 90 valence electrons. The molecule has 16 heavy (non-hydrogen) atoms. The minimum absolute atomic E-state index is 0.296. The summed E-state index contributed by atoms with van der Waals surface area (Å²) in [6.45, 7) is 3.34. The summed E-state index contributed by atoms with van der Waals surface area (Å²) >= 11 is 0. The second kappa shape index (κ2) is 6.38. The SMILES string of the molecule is Cc1cc(N(C)CCCCCO)ccc1N. The predicted octanol–water partition coefficient (Wildman–Crippen LogP) is 2.18. The van der Waals surface area contributed by atoms with E-state index in [1.165, 1.54) is 5.69 Å². The van der Waals surface area contributed by atoms with Gasteiger partial charge in [0.1, 0.15) is 0 Å². The average Bonchev–Trinajstić information content (AvgIpc) is 2.28. The number of nitrogen functional groups attached to an aromatic ring is 1. The van der Waals surface area contributed by atoms with Crippen LogP contribution in [0.25, 0.3) is 0 Å². The number of hydrogen-bond donors (Lipinski definition) is 2. The fourth-order valence-corrected chi connectivity index (χ4v) is 1.66. The van der Waals surface area contributed by atoms with E-state index in [-0.39, 0.29) is 0 Å². The van der Waals surface area contributed by atoms with Crippen LogP contribution < -0.4 is 10.6 Å². The number of aliphatic hydroxyl groups is 1. The van der Waals surface area contributed by atoms with E-state index >= 15 is 0 Å². The quantitative estimate of drug-likeness (QED) is 0.573. The minimum Gasteiger partial charge on any atom is -0.399 e. The maximum absolute atomic E-state index is 8.69. The summed E-state index contributed by atoms with van der Waals surface area (Å²) in [5, 5.41) is 8.69. The first-order valence-electron chi connectivity index (χ1n) is 5.83. The van der Waals surface area contributed by atoms with Gasteiger partial charge in [0.15, 0.2) is 0 Å². The maximum atomic E-state index is 8.69. The van der Waals surface area contributed by atoms with Crippen LogP contribution in [0.15, 0.2) is 18.2 Å². The minimum atomic E-state index is 0.296. The van der Waals surface area contributed by atoms with Gasteiger partial charge in [0, 0.05) is 31.6 Å². The molecule has 0 atom stereocenters. The first-order chi connectivity index (χ1) is 7.65. The largest absolute Gasteiger partial charge is 0.399 e. The van der Waals surface area contributed by atoms with Crippen molar-refractivity contribution in [2.45, 2.75) is 26.2 Å². The van der Waals surface area contributed by atoms with Crippen molar-refractivity contribution in [1.82, 2.24) is 0 Å². The monoisotopic (exact) mass is 222 g/mol. The van der Waals surface area contributed by atoms with Crippen molar-refractivity contribution in [2.75, 3.05) is 30.8 Å². The first-order valence-corrected chi connectivity index (χ1v) is 5.83. The number of hydrogen-bond acceptors (Lipinski definition) is 3. The van der Waals surface area contributed by atoms with E-state index in [9.17, 15) is 0 Å². The van der Waals surface area contributed by atoms with Crippen molar-refractivity contribution in [3.8, 4) is 0 Å². The summed E-state index contributed by atoms with van der Waals surface area (Å²) in [6, 6.07) is 6.12. The van der Waals surface area contributed by atoms with Crippen molar-refractivity contribution in [3.05, 3.63) is 23.8 Å². The van der Waals surface area contributed by atoms with Crippen molar-refractivity contribution in [2.24, 2.45) is 0 Å². The van der Waals surface area contributed by atoms with Gasteiger partial charge in [-0.25, -0.2) is 0 Å². The average molecular weight is 222 g/mol. The molecule has 0 saturated carbocycles. The van der Waals surface area contributed by atoms with E-state index < -0.39 is 0 Å². The number of anilines is 2. The Morgan fingerprint density at radius 1 is 1.25 bits per heavy atom. The highest BCUT2D eigenvalue weighted by atomic mass is 16.2. The number of nitrogens with zero attached hydrogens (tertiary/aromatic N) is 1. The van der Waals surface area contributed by atoms with Gasteiger partial charge < -0.3 is 15.7 Å². The van der Waals surface area contributed by atoms with Gasteiger partial charge in [-0.15, -0.1) is 0 Å². The van der Waals surface area contributed by atoms with Crippen LogP contribution in [-0.2, 0) is 0 Å². The Hall–Kier alpha value is -1.22. The van der Waals surface area contributed by atoms with E-state index in [1.54, 1.807) is 0 Å². The molecule has 0 aromatic heterocycles. The molecule has 0 spiro atoms. The zero-order chi connectivity index (χ0) is 12.0. The molecule has 1 rings (SSSR count). The summed E-state index contributed by atoms with van der Waals surface area (Å²) in [7, 11) is 2.09. The van der Waals surface area contributed by atoms with E-state index in [1.807, 2.05) is 19.1 Å². The highest BCUT2D eigenvalue weighted by Crippen LogP contribution is 2.19. The lowest BCUT2D eigenvalue weighted by Crippen LogP contribution is -2.18. The van der Waals surface area contributed by atoms with Crippen molar-refractivity contribution >= 4 is 11.4 Å². The fourth-order valence-electron chi connectivity index (χ4n) is 1.66. The number of rotatable bonds is 6. The molecule has 0 aliphatic carbocycles. The molecule has 0 saturated heterocycles. The van der Waals surface area contributed by atoms with Crippen molar-refractivity contribution in [1.29, 1.82) is 0 Å². The topological polar surface area (TPSA) is 49.5 Å². The summed E-state index contributed by atoms with van der Waals surface area (Å²) in [6.07, 6.45) is 3.09. The molecule has 3 N–H and O–H groups in total. The zero-order valence-corrected chi connectivity index (χ0v) is 10.2. The molecule has 1 aromatic carbocycles. The van der Waals surface area contributed by atoms with Crippen LogP contribution >= 0.6 is 0 Å². The molecule has 0 heterocycles. The molecule has 0 aliphatic rings. The number of benzene rings is 1. The smallest absolute Gasteiger partial charge is 0.0431 e. The second-order valence-electron chi connectivity index (χ2n) is 4.25. The number of unbranched alkanes of at least 4 members (excludes halogenated alkanes) is 2. The third kappa shape index (κ3) is 3.74. The fraction of sp³-hybridized carbons (Fsp3) is 0.538. The van der Waals surface area contributed by atoms with Gasteiger partial charge in [-0.2, -0.15) is 0 Å². The molecular formula is C13H22N2O. The predicted molar refractivity (Wildman–Crippen MR) is 69.8 cm³/mol. The van der Waals surface area contributed by atoms with E-state index in [0.29, 0.717) is 6.61 Å². The second-order valence-corrected chi connectivity index (χ2v) is 4.25. The normalized spacial score (nSPS) is 10.4. The summed E-state index contributed by atoms with van der Waals surface area (Å²) in [5.74, 6) is 0. The van der Waals surface area contributed by atoms with E-state index in [0.717, 1.165) is 37.1 Å². The molecule has 0 amide bonds. The zero-order valence-electron chi connectivity index (χ0n) is 10.2. The summed E-state index contributed by atoms with van der Waals surface area (Å²) in [4.78, 5) is 2.23. The molecule has 3 heteroatoms. The maximum Gasteiger partial charge on any atom is 0.0431 e. The lowest BCUT2D eigenvalue weighted by atomic mass is 10.1. The molecule has 3 nitrogen and oxygen atoms in total. The van der Waals surface area contributed by atoms with E-state index in [2.05, 4.69) is 18.0 Å². The van der Waals surface area contributed by atoms with Gasteiger partial charge in [-0.3, -0.25) is 0 Å². The molecule has 0 bridgehead atoms. The Morgan fingerprint density at radius 2 is 2.00 bits per heavy atom. The van der Waals surface area contributed by atoms with Gasteiger partial charge in [0.25, 0.3) is 0 Å². The van der Waals surface area contributed by atoms with Gasteiger partial charge in [-0.1, -0.05) is 0 Å².